The minimum Gasteiger partial charge on any atom is -0.398 e. The number of hydrogen-bond donors (Lipinski definition) is 3. The maximum absolute atomic E-state index is 13.0. The van der Waals surface area contributed by atoms with Crippen LogP contribution in [0.5, 0.6) is 0 Å². The summed E-state index contributed by atoms with van der Waals surface area (Å²) in [6, 6.07) is -0.884. The van der Waals surface area contributed by atoms with E-state index in [9.17, 15) is 24.0 Å². The Morgan fingerprint density at radius 3 is 2.75 bits per heavy atom. The average Bonchev–Trinajstić information content (AvgIpc) is 3.27. The summed E-state index contributed by atoms with van der Waals surface area (Å²) in [5, 5.41) is 10.3. The number of allylic oxidation sites excluding steroid dienone is 1. The molecule has 0 saturated carbocycles. The summed E-state index contributed by atoms with van der Waals surface area (Å²) in [6.07, 6.45) is 0. The Bertz CT molecular complexity index is 1430. The zero-order chi connectivity index (χ0) is 26.1. The number of H-pyrrole nitrogens is 1. The van der Waals surface area contributed by atoms with E-state index in [1.807, 2.05) is 0 Å². The Morgan fingerprint density at radius 1 is 1.36 bits per heavy atom. The van der Waals surface area contributed by atoms with Gasteiger partial charge in [-0.15, -0.1) is 23.1 Å². The lowest BCUT2D eigenvalue weighted by Gasteiger charge is -2.50. The number of thioether (sulfide) groups is 2. The predicted molar refractivity (Wildman–Crippen MR) is 134 cm³/mol. The molecule has 0 radical (unpaired) electrons. The average molecular weight is 553 g/mol. The van der Waals surface area contributed by atoms with Crippen LogP contribution in [0.15, 0.2) is 36.6 Å². The number of rotatable bonds is 8. The quantitative estimate of drug-likeness (QED) is 0.118. The Balaban J connectivity index is 1.51. The molecule has 17 heteroatoms. The zero-order valence-corrected chi connectivity index (χ0v) is 21.6. The number of fused-ring (bicyclic) bond motifs is 1. The molecule has 0 bridgehead atoms. The van der Waals surface area contributed by atoms with Crippen molar-refractivity contribution >= 4 is 63.3 Å². The number of anilines is 1. The first-order chi connectivity index (χ1) is 17.1. The van der Waals surface area contributed by atoms with Crippen LogP contribution in [0.25, 0.3) is 0 Å². The zero-order valence-electron chi connectivity index (χ0n) is 19.1. The fraction of sp³-hybridized carbons (Fsp3) is 0.368. The summed E-state index contributed by atoms with van der Waals surface area (Å²) < 4.78 is 1.32. The van der Waals surface area contributed by atoms with Gasteiger partial charge in [0.25, 0.3) is 11.8 Å². The molecule has 4 N–H and O–H groups in total. The van der Waals surface area contributed by atoms with E-state index in [0.29, 0.717) is 11.3 Å². The fourth-order valence-corrected chi connectivity index (χ4v) is 6.55. The van der Waals surface area contributed by atoms with Gasteiger partial charge in [0.1, 0.15) is 24.2 Å². The van der Waals surface area contributed by atoms with E-state index in [0.717, 1.165) is 23.1 Å². The van der Waals surface area contributed by atoms with Crippen LogP contribution in [-0.4, -0.2) is 78.0 Å². The molecule has 2 aliphatic heterocycles. The summed E-state index contributed by atoms with van der Waals surface area (Å²) in [5.74, 6) is -0.755. The van der Waals surface area contributed by atoms with Gasteiger partial charge >= 0.3 is 11.1 Å². The third-order valence-corrected chi connectivity index (χ3v) is 8.28. The van der Waals surface area contributed by atoms with Crippen LogP contribution in [0.1, 0.15) is 12.6 Å². The number of aryl methyl sites for hydroxylation is 1. The Kier molecular flexibility index (Phi) is 7.32. The first-order valence-corrected chi connectivity index (χ1v) is 13.1. The van der Waals surface area contributed by atoms with Gasteiger partial charge < -0.3 is 15.9 Å². The second-order valence-electron chi connectivity index (χ2n) is 7.55. The summed E-state index contributed by atoms with van der Waals surface area (Å²) in [7, 11) is 2.82. The molecule has 4 heterocycles. The normalized spacial score (nSPS) is 19.6. The van der Waals surface area contributed by atoms with Gasteiger partial charge in [-0.05, 0) is 5.57 Å². The van der Waals surface area contributed by atoms with Gasteiger partial charge in [-0.1, -0.05) is 16.9 Å². The van der Waals surface area contributed by atoms with Crippen LogP contribution in [0.3, 0.4) is 0 Å². The molecule has 0 aromatic carbocycles. The topological polar surface area (TPSA) is 195 Å². The van der Waals surface area contributed by atoms with Crippen LogP contribution >= 0.6 is 34.9 Å². The van der Waals surface area contributed by atoms with Gasteiger partial charge in [-0.2, -0.15) is 4.98 Å². The highest BCUT2D eigenvalue weighted by molar-refractivity contribution is 8.01. The number of β-lactam (4-membered cyclic amide) rings is 1. The first-order valence-electron chi connectivity index (χ1n) is 10.2. The summed E-state index contributed by atoms with van der Waals surface area (Å²) in [4.78, 5) is 75.3. The Morgan fingerprint density at radius 2 is 2.11 bits per heavy atom. The van der Waals surface area contributed by atoms with Crippen LogP contribution < -0.4 is 22.2 Å². The highest BCUT2D eigenvalue weighted by atomic mass is 32.2. The molecular weight excluding hydrogens is 532 g/mol. The number of hydrogen-bond acceptors (Lipinski definition) is 13. The van der Waals surface area contributed by atoms with E-state index in [4.69, 9.17) is 10.6 Å². The Hall–Kier alpha value is -3.44. The summed E-state index contributed by atoms with van der Waals surface area (Å²) in [5.41, 5.74) is 4.90. The van der Waals surface area contributed by atoms with Gasteiger partial charge in [-0.25, -0.2) is 4.98 Å². The van der Waals surface area contributed by atoms with Crippen molar-refractivity contribution in [2.45, 2.75) is 23.5 Å². The fourth-order valence-electron chi connectivity index (χ4n) is 3.60. The van der Waals surface area contributed by atoms with Gasteiger partial charge in [0.15, 0.2) is 21.8 Å². The number of oxime groups is 1. The molecule has 4 rings (SSSR count). The van der Waals surface area contributed by atoms with Crippen LogP contribution in [0.4, 0.5) is 5.13 Å². The number of nitrogen functional groups attached to an aromatic ring is 1. The van der Waals surface area contributed by atoms with E-state index in [1.54, 1.807) is 5.38 Å². The van der Waals surface area contributed by atoms with Crippen LogP contribution in [0.2, 0.25) is 0 Å². The number of thiazole rings is 1. The lowest BCUT2D eigenvalue weighted by molar-refractivity contribution is -0.146. The lowest BCUT2D eigenvalue weighted by atomic mass is 10.0. The van der Waals surface area contributed by atoms with E-state index >= 15 is 0 Å². The number of amides is 2. The number of ketones is 1. The van der Waals surface area contributed by atoms with Gasteiger partial charge in [0.2, 0.25) is 0 Å². The molecule has 190 valence electrons. The molecule has 0 aliphatic carbocycles. The van der Waals surface area contributed by atoms with Gasteiger partial charge in [-0.3, -0.25) is 38.7 Å². The monoisotopic (exact) mass is 552 g/mol. The largest absolute Gasteiger partial charge is 0.398 e. The smallest absolute Gasteiger partial charge is 0.339 e. The molecule has 2 amide bonds. The van der Waals surface area contributed by atoms with Crippen molar-refractivity contribution in [1.82, 2.24) is 30.0 Å². The van der Waals surface area contributed by atoms with Crippen molar-refractivity contribution < 1.29 is 19.2 Å². The molecule has 2 aromatic rings. The molecule has 2 aromatic heterocycles. The van der Waals surface area contributed by atoms with Crippen LogP contribution in [0, 0.1) is 0 Å². The third-order valence-electron chi connectivity index (χ3n) is 5.15. The van der Waals surface area contributed by atoms with Gasteiger partial charge in [0.05, 0.1) is 5.70 Å². The molecule has 0 unspecified atom stereocenters. The summed E-state index contributed by atoms with van der Waals surface area (Å²) in [6.45, 7) is 1.36. The minimum atomic E-state index is -0.914. The molecule has 2 atom stereocenters. The SMILES string of the molecule is CO/N=C(\C(=O)N[C@@H]1C(=O)N2C(C(C)=O)=C(CSc3nc(=O)c(=O)[nH]n3C)CS[C@H]12)c1csc(N)n1. The standard InChI is InChI=1S/C19H20N8O6S3/c1-7(28)12-8(5-36-19-23-14(30)15(31)24-26(19)2)4-34-17-11(16(32)27(12)17)22-13(29)10(25-33-3)9-6-35-18(20)21-9/h6,11,17H,4-5H2,1-3H3,(H2,20,21)(H,22,29)(H,24,31)/b25-10-/t11-,17-/m1/s1. The molecule has 0 spiro atoms. The highest BCUT2D eigenvalue weighted by Crippen LogP contribution is 2.41. The first kappa shape index (κ1) is 25.6. The molecule has 14 nitrogen and oxygen atoms in total. The number of Topliss-reactive ketones (excluding diaryl/α,β-unsaturated/α-hetero) is 1. The number of carbonyl (C=O) groups is 3. The molecule has 36 heavy (non-hydrogen) atoms. The number of aromatic nitrogens is 4. The third kappa shape index (κ3) is 4.80. The number of nitrogens with two attached hydrogens (primary N) is 1. The maximum atomic E-state index is 13.0. The Labute approximate surface area is 215 Å². The van der Waals surface area contributed by atoms with Crippen LogP contribution in [-0.2, 0) is 26.3 Å². The number of nitrogens with one attached hydrogen (secondary N) is 2. The van der Waals surface area contributed by atoms with Crippen molar-refractivity contribution in [2.75, 3.05) is 24.3 Å². The van der Waals surface area contributed by atoms with Gasteiger partial charge in [0, 0.05) is 30.9 Å². The van der Waals surface area contributed by atoms with Crippen molar-refractivity contribution in [1.29, 1.82) is 0 Å². The van der Waals surface area contributed by atoms with Crippen molar-refractivity contribution in [3.05, 3.63) is 43.1 Å². The molecule has 1 fully saturated rings. The molecule has 1 saturated heterocycles. The second-order valence-corrected chi connectivity index (χ2v) is 10.5. The number of aromatic amines is 1. The number of carbonyl (C=O) groups excluding carboxylic acids is 3. The van der Waals surface area contributed by atoms with E-state index in [2.05, 4.69) is 25.5 Å². The van der Waals surface area contributed by atoms with E-state index in [1.165, 1.54) is 42.4 Å². The molecular formula is C19H20N8O6S3. The van der Waals surface area contributed by atoms with Crippen molar-refractivity contribution in [2.24, 2.45) is 12.2 Å². The minimum absolute atomic E-state index is 0.129. The van der Waals surface area contributed by atoms with Crippen molar-refractivity contribution in [3.63, 3.8) is 0 Å². The second kappa shape index (κ2) is 10.3. The van der Waals surface area contributed by atoms with E-state index in [-0.39, 0.29) is 38.9 Å². The summed E-state index contributed by atoms with van der Waals surface area (Å²) >= 11 is 3.66. The highest BCUT2D eigenvalue weighted by Gasteiger charge is 2.53. The lowest BCUT2D eigenvalue weighted by Crippen LogP contribution is -2.71. The van der Waals surface area contributed by atoms with Crippen molar-refractivity contribution in [3.8, 4) is 0 Å². The predicted octanol–water partition coefficient (Wildman–Crippen LogP) is -1.11. The van der Waals surface area contributed by atoms with E-state index < -0.39 is 34.3 Å². The molecule has 2 aliphatic rings. The maximum Gasteiger partial charge on any atom is 0.339 e. The number of nitrogens with zero attached hydrogens (tertiary/aromatic N) is 5.